The monoisotopic (exact) mass is 368 g/mol. The Morgan fingerprint density at radius 1 is 1.36 bits per heavy atom. The lowest BCUT2D eigenvalue weighted by Crippen LogP contribution is -2.46. The zero-order chi connectivity index (χ0) is 18.2. The van der Waals surface area contributed by atoms with Crippen molar-refractivity contribution in [1.29, 1.82) is 0 Å². The highest BCUT2D eigenvalue weighted by Gasteiger charge is 2.25. The number of carbonyl (C=O) groups excluding carboxylic acids is 1. The van der Waals surface area contributed by atoms with Gasteiger partial charge >= 0.3 is 0 Å². The highest BCUT2D eigenvalue weighted by molar-refractivity contribution is 6.32. The van der Waals surface area contributed by atoms with Gasteiger partial charge in [0.15, 0.2) is 11.5 Å². The van der Waals surface area contributed by atoms with Crippen LogP contribution in [0.5, 0.6) is 11.5 Å². The van der Waals surface area contributed by atoms with Gasteiger partial charge in [0.25, 0.3) is 5.91 Å². The maximum absolute atomic E-state index is 12.9. The average Bonchev–Trinajstić information content (AvgIpc) is 2.63. The van der Waals surface area contributed by atoms with Gasteiger partial charge in [-0.05, 0) is 45.4 Å². The summed E-state index contributed by atoms with van der Waals surface area (Å²) in [6.45, 7) is 6.57. The molecule has 0 aliphatic carbocycles. The van der Waals surface area contributed by atoms with Gasteiger partial charge in [-0.3, -0.25) is 4.79 Å². The van der Waals surface area contributed by atoms with E-state index in [0.717, 1.165) is 32.2 Å². The van der Waals surface area contributed by atoms with Gasteiger partial charge in [-0.15, -0.1) is 0 Å². The second-order valence-corrected chi connectivity index (χ2v) is 6.71. The summed E-state index contributed by atoms with van der Waals surface area (Å²) in [6, 6.07) is 3.79. The first-order chi connectivity index (χ1) is 12.1. The molecule has 2 rings (SSSR count). The van der Waals surface area contributed by atoms with E-state index < -0.39 is 0 Å². The molecule has 1 atom stereocenters. The van der Waals surface area contributed by atoms with Crippen molar-refractivity contribution < 1.29 is 14.3 Å². The highest BCUT2D eigenvalue weighted by Crippen LogP contribution is 2.37. The van der Waals surface area contributed by atoms with E-state index in [1.807, 2.05) is 18.9 Å². The van der Waals surface area contributed by atoms with Crippen LogP contribution >= 0.6 is 11.6 Å². The molecule has 1 unspecified atom stereocenters. The van der Waals surface area contributed by atoms with E-state index in [0.29, 0.717) is 47.9 Å². The van der Waals surface area contributed by atoms with Crippen molar-refractivity contribution >= 4 is 17.5 Å². The molecular weight excluding hydrogens is 340 g/mol. The summed E-state index contributed by atoms with van der Waals surface area (Å²) in [7, 11) is 1.94. The summed E-state index contributed by atoms with van der Waals surface area (Å²) in [6.07, 6.45) is 4.08. The quantitative estimate of drug-likeness (QED) is 0.710. The fraction of sp³-hybridized carbons (Fsp3) is 0.632. The highest BCUT2D eigenvalue weighted by atomic mass is 35.5. The number of amides is 1. The second kappa shape index (κ2) is 9.88. The van der Waals surface area contributed by atoms with Crippen LogP contribution in [0.2, 0.25) is 5.02 Å². The number of ether oxygens (including phenoxy) is 2. The number of unbranched alkanes of at least 4 members (excludes halogenated alkanes) is 1. The fourth-order valence-corrected chi connectivity index (χ4v) is 3.26. The molecule has 1 aromatic rings. The molecule has 0 bridgehead atoms. The van der Waals surface area contributed by atoms with Gasteiger partial charge in [0.1, 0.15) is 0 Å². The maximum atomic E-state index is 12.9. The number of likely N-dealkylation sites (tertiary alicyclic amines) is 1. The van der Waals surface area contributed by atoms with Crippen LogP contribution in [0.3, 0.4) is 0 Å². The Balaban J connectivity index is 2.21. The van der Waals surface area contributed by atoms with Crippen LogP contribution in [-0.4, -0.2) is 50.2 Å². The van der Waals surface area contributed by atoms with Crippen LogP contribution in [0.25, 0.3) is 0 Å². The molecule has 1 aromatic carbocycles. The van der Waals surface area contributed by atoms with E-state index in [-0.39, 0.29) is 5.91 Å². The molecule has 0 saturated carbocycles. The number of piperidine rings is 1. The molecule has 0 aromatic heterocycles. The number of halogens is 1. The van der Waals surface area contributed by atoms with Gasteiger partial charge in [-0.25, -0.2) is 0 Å². The van der Waals surface area contributed by atoms with Crippen molar-refractivity contribution in [1.82, 2.24) is 10.2 Å². The minimum Gasteiger partial charge on any atom is -0.490 e. The molecule has 1 aliphatic rings. The smallest absolute Gasteiger partial charge is 0.254 e. The number of hydrogen-bond donors (Lipinski definition) is 1. The number of nitrogens with one attached hydrogen (secondary N) is 1. The lowest BCUT2D eigenvalue weighted by Gasteiger charge is -2.32. The first kappa shape index (κ1) is 19.9. The minimum absolute atomic E-state index is 0.0112. The van der Waals surface area contributed by atoms with Gasteiger partial charge in [0, 0.05) is 24.7 Å². The van der Waals surface area contributed by atoms with Crippen molar-refractivity contribution in [2.75, 3.05) is 33.4 Å². The molecule has 1 N–H and O–H groups in total. The zero-order valence-corrected chi connectivity index (χ0v) is 16.2. The Kier molecular flexibility index (Phi) is 7.85. The van der Waals surface area contributed by atoms with Crippen LogP contribution in [0, 0.1) is 0 Å². The summed E-state index contributed by atoms with van der Waals surface area (Å²) in [4.78, 5) is 14.8. The molecule has 0 spiro atoms. The molecule has 0 radical (unpaired) electrons. The molecule has 1 aliphatic heterocycles. The topological polar surface area (TPSA) is 50.8 Å². The van der Waals surface area contributed by atoms with Crippen molar-refractivity contribution in [3.05, 3.63) is 22.7 Å². The molecule has 1 saturated heterocycles. The number of carbonyl (C=O) groups is 1. The molecule has 5 nitrogen and oxygen atoms in total. The van der Waals surface area contributed by atoms with E-state index >= 15 is 0 Å². The number of hydrogen-bond acceptors (Lipinski definition) is 4. The van der Waals surface area contributed by atoms with E-state index in [9.17, 15) is 4.79 Å². The van der Waals surface area contributed by atoms with Gasteiger partial charge in [0.05, 0.1) is 18.2 Å². The average molecular weight is 369 g/mol. The van der Waals surface area contributed by atoms with Crippen LogP contribution in [-0.2, 0) is 0 Å². The molecule has 140 valence electrons. The standard InChI is InChI=1S/C19H29ClN2O3/c1-4-6-10-25-18-16(20)11-14(12-17(18)24-5-2)19(23)22-9-7-8-15(13-22)21-3/h11-12,15,21H,4-10,13H2,1-3H3. The Bertz CT molecular complexity index is 580. The van der Waals surface area contributed by atoms with Crippen molar-refractivity contribution in [2.24, 2.45) is 0 Å². The lowest BCUT2D eigenvalue weighted by molar-refractivity contribution is 0.0697. The number of nitrogens with zero attached hydrogens (tertiary/aromatic N) is 1. The van der Waals surface area contributed by atoms with E-state index in [2.05, 4.69) is 12.2 Å². The first-order valence-electron chi connectivity index (χ1n) is 9.16. The molecular formula is C19H29ClN2O3. The Morgan fingerprint density at radius 3 is 2.84 bits per heavy atom. The Labute approximate surface area is 155 Å². The minimum atomic E-state index is -0.0112. The summed E-state index contributed by atoms with van der Waals surface area (Å²) in [5.41, 5.74) is 0.549. The van der Waals surface area contributed by atoms with Crippen LogP contribution < -0.4 is 14.8 Å². The van der Waals surface area contributed by atoms with Gasteiger partial charge < -0.3 is 19.7 Å². The summed E-state index contributed by atoms with van der Waals surface area (Å²) in [5.74, 6) is 1.06. The Hall–Kier alpha value is -1.46. The fourth-order valence-electron chi connectivity index (χ4n) is 2.99. The van der Waals surface area contributed by atoms with E-state index in [1.165, 1.54) is 0 Å². The predicted octanol–water partition coefficient (Wildman–Crippen LogP) is 3.74. The summed E-state index contributed by atoms with van der Waals surface area (Å²) >= 11 is 6.40. The van der Waals surface area contributed by atoms with E-state index in [4.69, 9.17) is 21.1 Å². The van der Waals surface area contributed by atoms with Gasteiger partial charge in [-0.1, -0.05) is 24.9 Å². The van der Waals surface area contributed by atoms with Crippen LogP contribution in [0.4, 0.5) is 0 Å². The molecule has 1 fully saturated rings. The van der Waals surface area contributed by atoms with Crippen molar-refractivity contribution in [3.8, 4) is 11.5 Å². The van der Waals surface area contributed by atoms with E-state index in [1.54, 1.807) is 12.1 Å². The van der Waals surface area contributed by atoms with Crippen LogP contribution in [0.15, 0.2) is 12.1 Å². The third kappa shape index (κ3) is 5.25. The predicted molar refractivity (Wildman–Crippen MR) is 101 cm³/mol. The zero-order valence-electron chi connectivity index (χ0n) is 15.4. The largest absolute Gasteiger partial charge is 0.490 e. The van der Waals surface area contributed by atoms with Gasteiger partial charge in [0.2, 0.25) is 0 Å². The molecule has 6 heteroatoms. The number of benzene rings is 1. The van der Waals surface area contributed by atoms with Crippen molar-refractivity contribution in [2.45, 2.75) is 45.6 Å². The van der Waals surface area contributed by atoms with Crippen LogP contribution in [0.1, 0.15) is 49.9 Å². The second-order valence-electron chi connectivity index (χ2n) is 6.30. The SMILES string of the molecule is CCCCOc1c(Cl)cc(C(=O)N2CCCC(NC)C2)cc1OCC. The third-order valence-corrected chi connectivity index (χ3v) is 4.70. The lowest BCUT2D eigenvalue weighted by atomic mass is 10.0. The molecule has 25 heavy (non-hydrogen) atoms. The van der Waals surface area contributed by atoms with Crippen molar-refractivity contribution in [3.63, 3.8) is 0 Å². The molecule has 1 amide bonds. The Morgan fingerprint density at radius 2 is 2.16 bits per heavy atom. The number of likely N-dealkylation sites (N-methyl/N-ethyl adjacent to an activating group) is 1. The normalized spacial score (nSPS) is 17.4. The third-order valence-electron chi connectivity index (χ3n) is 4.42. The van der Waals surface area contributed by atoms with Gasteiger partial charge in [-0.2, -0.15) is 0 Å². The molecule has 1 heterocycles. The first-order valence-corrected chi connectivity index (χ1v) is 9.54. The summed E-state index contributed by atoms with van der Waals surface area (Å²) in [5, 5.41) is 3.68. The maximum Gasteiger partial charge on any atom is 0.254 e. The summed E-state index contributed by atoms with van der Waals surface area (Å²) < 4.78 is 11.5. The number of rotatable bonds is 8.